The van der Waals surface area contributed by atoms with Crippen LogP contribution in [-0.4, -0.2) is 27.7 Å². The highest BCUT2D eigenvalue weighted by Crippen LogP contribution is 2.31. The average molecular weight is 465 g/mol. The minimum atomic E-state index is -0.352. The number of nitrogens with zero attached hydrogens (tertiary/aromatic N) is 3. The van der Waals surface area contributed by atoms with E-state index in [0.29, 0.717) is 28.8 Å². The van der Waals surface area contributed by atoms with Crippen LogP contribution in [0.15, 0.2) is 85.3 Å². The minimum Gasteiger partial charge on any atom is -0.495 e. The Balaban J connectivity index is 1.45. The summed E-state index contributed by atoms with van der Waals surface area (Å²) in [4.78, 5) is 21.0. The van der Waals surface area contributed by atoms with E-state index in [1.807, 2.05) is 54.1 Å². The smallest absolute Gasteiger partial charge is 0.323 e. The van der Waals surface area contributed by atoms with Crippen LogP contribution in [0.3, 0.4) is 0 Å². The first-order chi connectivity index (χ1) is 17.0. The zero-order valence-corrected chi connectivity index (χ0v) is 19.3. The van der Waals surface area contributed by atoms with Gasteiger partial charge in [-0.15, -0.1) is 0 Å². The predicted octanol–water partition coefficient (Wildman–Crippen LogP) is 5.63. The normalized spacial score (nSPS) is 10.8. The van der Waals surface area contributed by atoms with Crippen LogP contribution in [0.25, 0.3) is 27.8 Å². The molecule has 0 spiro atoms. The van der Waals surface area contributed by atoms with E-state index in [1.165, 1.54) is 6.33 Å². The van der Waals surface area contributed by atoms with Gasteiger partial charge in [0.05, 0.1) is 18.3 Å². The zero-order valence-electron chi connectivity index (χ0n) is 19.3. The number of methoxy groups -OCH3 is 1. The van der Waals surface area contributed by atoms with Crippen molar-refractivity contribution in [1.29, 1.82) is 0 Å². The van der Waals surface area contributed by atoms with Crippen molar-refractivity contribution in [2.45, 2.75) is 6.92 Å². The Hall–Kier alpha value is -4.85. The van der Waals surface area contributed by atoms with Crippen molar-refractivity contribution >= 4 is 34.1 Å². The van der Waals surface area contributed by atoms with Gasteiger partial charge in [0.2, 0.25) is 0 Å². The maximum Gasteiger partial charge on any atom is 0.323 e. The van der Waals surface area contributed by atoms with Crippen LogP contribution >= 0.6 is 0 Å². The Kier molecular flexibility index (Phi) is 5.76. The number of hydrogen-bond donors (Lipinski definition) is 3. The van der Waals surface area contributed by atoms with Crippen molar-refractivity contribution in [3.8, 4) is 22.7 Å². The molecule has 0 aliphatic heterocycles. The molecular formula is C27H24N6O2. The molecule has 0 saturated carbocycles. The maximum atomic E-state index is 12.6. The maximum absolute atomic E-state index is 12.6. The van der Waals surface area contributed by atoms with Gasteiger partial charge in [-0.05, 0) is 60.0 Å². The van der Waals surface area contributed by atoms with Crippen LogP contribution in [0, 0.1) is 6.92 Å². The SMILES string of the molecule is COc1ccccc1NC(=O)Nc1ccc(C)c(-c2ccc3ccn(-c4cc(N)ncn4)c3c2)c1. The first kappa shape index (κ1) is 22.0. The number of para-hydroxylation sites is 2. The predicted molar refractivity (Wildman–Crippen MR) is 139 cm³/mol. The van der Waals surface area contributed by atoms with Gasteiger partial charge in [0, 0.05) is 23.3 Å². The molecule has 0 aliphatic rings. The second-order valence-corrected chi connectivity index (χ2v) is 8.07. The lowest BCUT2D eigenvalue weighted by Gasteiger charge is -2.13. The molecule has 0 unspecified atom stereocenters. The third kappa shape index (κ3) is 4.49. The number of aromatic nitrogens is 3. The molecule has 8 nitrogen and oxygen atoms in total. The third-order valence-corrected chi connectivity index (χ3v) is 5.78. The number of fused-ring (bicyclic) bond motifs is 1. The summed E-state index contributed by atoms with van der Waals surface area (Å²) < 4.78 is 7.29. The van der Waals surface area contributed by atoms with Gasteiger partial charge in [-0.25, -0.2) is 14.8 Å². The fourth-order valence-corrected chi connectivity index (χ4v) is 4.03. The van der Waals surface area contributed by atoms with Gasteiger partial charge in [-0.2, -0.15) is 0 Å². The lowest BCUT2D eigenvalue weighted by molar-refractivity contribution is 0.262. The van der Waals surface area contributed by atoms with Gasteiger partial charge in [-0.1, -0.05) is 30.3 Å². The van der Waals surface area contributed by atoms with Crippen LogP contribution < -0.4 is 21.1 Å². The summed E-state index contributed by atoms with van der Waals surface area (Å²) in [5.41, 5.74) is 11.2. The lowest BCUT2D eigenvalue weighted by Crippen LogP contribution is -2.19. The molecule has 8 heteroatoms. The number of benzene rings is 3. The molecule has 3 aromatic carbocycles. The van der Waals surface area contributed by atoms with Gasteiger partial charge in [0.15, 0.2) is 0 Å². The molecule has 2 heterocycles. The van der Waals surface area contributed by atoms with E-state index in [9.17, 15) is 4.79 Å². The summed E-state index contributed by atoms with van der Waals surface area (Å²) in [7, 11) is 1.57. The standard InChI is InChI=1S/C27H24N6O2/c1-17-7-10-20(31-27(34)32-22-5-3-4-6-24(22)35-2)14-21(17)19-9-8-18-11-12-33(23(18)13-19)26-15-25(28)29-16-30-26/h3-16H,1-2H3,(H2,28,29,30)(H2,31,32,34). The Morgan fingerprint density at radius 2 is 1.83 bits per heavy atom. The van der Waals surface area contributed by atoms with Crippen LogP contribution in [0.4, 0.5) is 22.0 Å². The van der Waals surface area contributed by atoms with E-state index in [0.717, 1.165) is 27.6 Å². The number of nitrogen functional groups attached to an aromatic ring is 1. The van der Waals surface area contributed by atoms with E-state index in [-0.39, 0.29) is 6.03 Å². The Morgan fingerprint density at radius 1 is 0.971 bits per heavy atom. The molecule has 0 radical (unpaired) electrons. The summed E-state index contributed by atoms with van der Waals surface area (Å²) in [6, 6.07) is 22.8. The van der Waals surface area contributed by atoms with E-state index in [1.54, 1.807) is 25.3 Å². The van der Waals surface area contributed by atoms with Gasteiger partial charge in [0.25, 0.3) is 0 Å². The number of rotatable bonds is 5. The molecule has 2 aromatic heterocycles. The van der Waals surface area contributed by atoms with Crippen LogP contribution in [0.2, 0.25) is 0 Å². The van der Waals surface area contributed by atoms with Crippen molar-refractivity contribution in [3.05, 3.63) is 90.9 Å². The molecule has 2 amide bonds. The van der Waals surface area contributed by atoms with E-state index in [2.05, 4.69) is 38.8 Å². The lowest BCUT2D eigenvalue weighted by atomic mass is 9.99. The number of aryl methyl sites for hydroxylation is 1. The summed E-state index contributed by atoms with van der Waals surface area (Å²) in [5, 5.41) is 6.82. The molecule has 5 rings (SSSR count). The summed E-state index contributed by atoms with van der Waals surface area (Å²) >= 11 is 0. The monoisotopic (exact) mass is 464 g/mol. The minimum absolute atomic E-state index is 0.352. The summed E-state index contributed by atoms with van der Waals surface area (Å²) in [6.07, 6.45) is 3.42. The number of carbonyl (C=O) groups excluding carboxylic acids is 1. The third-order valence-electron chi connectivity index (χ3n) is 5.78. The van der Waals surface area contributed by atoms with Crippen molar-refractivity contribution < 1.29 is 9.53 Å². The molecule has 0 fully saturated rings. The molecule has 0 saturated heterocycles. The van der Waals surface area contributed by atoms with Crippen molar-refractivity contribution in [2.75, 3.05) is 23.5 Å². The van der Waals surface area contributed by atoms with Gasteiger partial charge >= 0.3 is 6.03 Å². The number of urea groups is 1. The number of nitrogens with two attached hydrogens (primary N) is 1. The van der Waals surface area contributed by atoms with Gasteiger partial charge in [0.1, 0.15) is 23.7 Å². The van der Waals surface area contributed by atoms with Crippen molar-refractivity contribution in [2.24, 2.45) is 0 Å². The van der Waals surface area contributed by atoms with E-state index < -0.39 is 0 Å². The van der Waals surface area contributed by atoms with E-state index in [4.69, 9.17) is 10.5 Å². The average Bonchev–Trinajstić information content (AvgIpc) is 3.29. The Labute approximate surface area is 202 Å². The fraction of sp³-hybridized carbons (Fsp3) is 0.0741. The van der Waals surface area contributed by atoms with Crippen LogP contribution in [0.1, 0.15) is 5.56 Å². The summed E-state index contributed by atoms with van der Waals surface area (Å²) in [5.74, 6) is 1.70. The molecular weight excluding hydrogens is 440 g/mol. The number of anilines is 3. The molecule has 0 atom stereocenters. The van der Waals surface area contributed by atoms with Crippen LogP contribution in [-0.2, 0) is 0 Å². The highest BCUT2D eigenvalue weighted by atomic mass is 16.5. The summed E-state index contributed by atoms with van der Waals surface area (Å²) in [6.45, 7) is 2.04. The number of amides is 2. The highest BCUT2D eigenvalue weighted by molar-refractivity contribution is 6.01. The number of hydrogen-bond acceptors (Lipinski definition) is 5. The number of nitrogens with one attached hydrogen (secondary N) is 2. The van der Waals surface area contributed by atoms with Crippen LogP contribution in [0.5, 0.6) is 5.75 Å². The molecule has 4 N–H and O–H groups in total. The topological polar surface area (TPSA) is 107 Å². The quantitative estimate of drug-likeness (QED) is 0.312. The largest absolute Gasteiger partial charge is 0.495 e. The molecule has 0 aliphatic carbocycles. The van der Waals surface area contributed by atoms with Crippen molar-refractivity contribution in [3.63, 3.8) is 0 Å². The number of ether oxygens (including phenoxy) is 1. The second kappa shape index (κ2) is 9.18. The molecule has 35 heavy (non-hydrogen) atoms. The Morgan fingerprint density at radius 3 is 2.66 bits per heavy atom. The Bertz CT molecular complexity index is 1540. The molecule has 0 bridgehead atoms. The van der Waals surface area contributed by atoms with Gasteiger partial charge < -0.3 is 25.7 Å². The molecule has 174 valence electrons. The zero-order chi connectivity index (χ0) is 24.4. The van der Waals surface area contributed by atoms with E-state index >= 15 is 0 Å². The van der Waals surface area contributed by atoms with Gasteiger partial charge in [-0.3, -0.25) is 0 Å². The fourth-order valence-electron chi connectivity index (χ4n) is 4.03. The highest BCUT2D eigenvalue weighted by Gasteiger charge is 2.11. The second-order valence-electron chi connectivity index (χ2n) is 8.07. The first-order valence-electron chi connectivity index (χ1n) is 11.0. The van der Waals surface area contributed by atoms with Crippen molar-refractivity contribution in [1.82, 2.24) is 14.5 Å². The first-order valence-corrected chi connectivity index (χ1v) is 11.0. The number of carbonyl (C=O) groups is 1. The molecule has 5 aromatic rings.